The van der Waals surface area contributed by atoms with Crippen LogP contribution in [0.3, 0.4) is 0 Å². The molecule has 3 aromatic carbocycles. The number of nitro benzene ring substituents is 1. The Labute approximate surface area is 207 Å². The molecule has 0 aliphatic heterocycles. The van der Waals surface area contributed by atoms with E-state index in [1.54, 1.807) is 24.3 Å². The van der Waals surface area contributed by atoms with Gasteiger partial charge in [-0.25, -0.2) is 9.07 Å². The first-order valence-electron chi connectivity index (χ1n) is 9.92. The summed E-state index contributed by atoms with van der Waals surface area (Å²) in [6, 6.07) is 15.7. The van der Waals surface area contributed by atoms with Crippen LogP contribution in [0.2, 0.25) is 10.0 Å². The zero-order valence-corrected chi connectivity index (χ0v) is 19.2. The monoisotopic (exact) mass is 516 g/mol. The molecule has 1 aromatic heterocycles. The number of anilines is 1. The second kappa shape index (κ2) is 10.4. The second-order valence-electron chi connectivity index (χ2n) is 7.07. The predicted molar refractivity (Wildman–Crippen MR) is 127 cm³/mol. The van der Waals surface area contributed by atoms with Gasteiger partial charge in [-0.1, -0.05) is 23.2 Å². The SMILES string of the molecule is O=C(Nc1cc(Oc2ccc(Cl)cc2)cc([N+](=O)[O-])c1)c1ccn(COc2ccc(F)c(Cl)c2)n1. The number of ether oxygens (including phenoxy) is 2. The van der Waals surface area contributed by atoms with Crippen molar-refractivity contribution in [2.24, 2.45) is 0 Å². The van der Waals surface area contributed by atoms with E-state index in [9.17, 15) is 19.3 Å². The number of aromatic nitrogens is 2. The number of carbonyl (C=O) groups is 1. The zero-order chi connectivity index (χ0) is 24.9. The van der Waals surface area contributed by atoms with Crippen molar-refractivity contribution in [1.29, 1.82) is 0 Å². The summed E-state index contributed by atoms with van der Waals surface area (Å²) in [4.78, 5) is 23.4. The van der Waals surface area contributed by atoms with E-state index in [4.69, 9.17) is 32.7 Å². The van der Waals surface area contributed by atoms with Crippen molar-refractivity contribution in [1.82, 2.24) is 9.78 Å². The van der Waals surface area contributed by atoms with Gasteiger partial charge in [0.25, 0.3) is 11.6 Å². The number of benzene rings is 3. The van der Waals surface area contributed by atoms with Gasteiger partial charge in [0.05, 0.1) is 21.7 Å². The van der Waals surface area contributed by atoms with Gasteiger partial charge < -0.3 is 14.8 Å². The molecule has 9 nitrogen and oxygen atoms in total. The fourth-order valence-corrected chi connectivity index (χ4v) is 3.21. The number of nitro groups is 1. The van der Waals surface area contributed by atoms with Gasteiger partial charge in [-0.3, -0.25) is 14.9 Å². The topological polar surface area (TPSA) is 109 Å². The lowest BCUT2D eigenvalue weighted by molar-refractivity contribution is -0.384. The minimum atomic E-state index is -0.605. The first kappa shape index (κ1) is 24.0. The number of nitrogens with one attached hydrogen (secondary N) is 1. The normalized spacial score (nSPS) is 10.6. The third kappa shape index (κ3) is 6.25. The van der Waals surface area contributed by atoms with Crippen molar-refractivity contribution in [3.63, 3.8) is 0 Å². The summed E-state index contributed by atoms with van der Waals surface area (Å²) in [7, 11) is 0. The molecular formula is C23H15Cl2FN4O5. The van der Waals surface area contributed by atoms with Crippen molar-refractivity contribution in [3.8, 4) is 17.2 Å². The maximum Gasteiger partial charge on any atom is 0.276 e. The van der Waals surface area contributed by atoms with E-state index in [-0.39, 0.29) is 34.6 Å². The van der Waals surface area contributed by atoms with E-state index >= 15 is 0 Å². The number of hydrogen-bond donors (Lipinski definition) is 1. The van der Waals surface area contributed by atoms with Gasteiger partial charge in [-0.15, -0.1) is 0 Å². The molecule has 0 radical (unpaired) electrons. The maximum atomic E-state index is 13.3. The predicted octanol–water partition coefficient (Wildman–Crippen LogP) is 6.32. The van der Waals surface area contributed by atoms with E-state index in [1.165, 1.54) is 53.3 Å². The van der Waals surface area contributed by atoms with Gasteiger partial charge in [0, 0.05) is 29.4 Å². The molecule has 0 bridgehead atoms. The summed E-state index contributed by atoms with van der Waals surface area (Å²) < 4.78 is 25.7. The first-order valence-corrected chi connectivity index (χ1v) is 10.7. The quantitative estimate of drug-likeness (QED) is 0.217. The molecule has 0 unspecified atom stereocenters. The van der Waals surface area contributed by atoms with E-state index in [1.807, 2.05) is 0 Å². The van der Waals surface area contributed by atoms with Crippen LogP contribution >= 0.6 is 23.2 Å². The Hall–Kier alpha value is -4.15. The number of nitrogens with zero attached hydrogens (tertiary/aromatic N) is 3. The average Bonchev–Trinajstić information content (AvgIpc) is 3.30. The fourth-order valence-electron chi connectivity index (χ4n) is 2.92. The first-order chi connectivity index (χ1) is 16.8. The summed E-state index contributed by atoms with van der Waals surface area (Å²) in [5, 5.41) is 18.5. The van der Waals surface area contributed by atoms with Crippen molar-refractivity contribution in [2.45, 2.75) is 6.73 Å². The van der Waals surface area contributed by atoms with Crippen LogP contribution < -0.4 is 14.8 Å². The van der Waals surface area contributed by atoms with E-state index < -0.39 is 16.6 Å². The Kier molecular flexibility index (Phi) is 7.14. The van der Waals surface area contributed by atoms with Crippen LogP contribution in [0.25, 0.3) is 0 Å². The molecule has 0 atom stereocenters. The molecule has 12 heteroatoms. The molecule has 1 N–H and O–H groups in total. The summed E-state index contributed by atoms with van der Waals surface area (Å²) in [5.74, 6) is -0.295. The standard InChI is InChI=1S/C23H15Cl2FN4O5/c24-14-1-3-17(4-2-14)35-19-10-15(9-16(11-19)30(32)33)27-23(31)22-7-8-29(28-22)13-34-18-5-6-21(26)20(25)12-18/h1-12H,13H2,(H,27,31). The number of halogens is 3. The van der Waals surface area contributed by atoms with Crippen LogP contribution in [-0.2, 0) is 6.73 Å². The highest BCUT2D eigenvalue weighted by atomic mass is 35.5. The maximum absolute atomic E-state index is 13.3. The van der Waals surface area contributed by atoms with Crippen LogP contribution in [0.4, 0.5) is 15.8 Å². The van der Waals surface area contributed by atoms with Gasteiger partial charge in [0.1, 0.15) is 23.1 Å². The lowest BCUT2D eigenvalue weighted by atomic mass is 10.2. The Morgan fingerprint density at radius 1 is 1.03 bits per heavy atom. The molecule has 1 heterocycles. The highest BCUT2D eigenvalue weighted by molar-refractivity contribution is 6.31. The lowest BCUT2D eigenvalue weighted by Gasteiger charge is -2.09. The molecule has 0 aliphatic carbocycles. The Morgan fingerprint density at radius 3 is 2.49 bits per heavy atom. The summed E-state index contributed by atoms with van der Waals surface area (Å²) in [5.41, 5.74) is -0.0963. The third-order valence-electron chi connectivity index (χ3n) is 4.54. The minimum Gasteiger partial charge on any atom is -0.471 e. The van der Waals surface area contributed by atoms with Crippen LogP contribution in [0.15, 0.2) is 72.9 Å². The minimum absolute atomic E-state index is 0.0393. The van der Waals surface area contributed by atoms with Crippen molar-refractivity contribution >= 4 is 40.5 Å². The van der Waals surface area contributed by atoms with E-state index in [0.717, 1.165) is 0 Å². The van der Waals surface area contributed by atoms with Crippen LogP contribution in [0.1, 0.15) is 10.5 Å². The number of rotatable bonds is 8. The van der Waals surface area contributed by atoms with E-state index in [0.29, 0.717) is 16.5 Å². The molecule has 35 heavy (non-hydrogen) atoms. The van der Waals surface area contributed by atoms with Gasteiger partial charge in [0.2, 0.25) is 0 Å². The van der Waals surface area contributed by atoms with Gasteiger partial charge in [-0.05, 0) is 42.5 Å². The number of non-ortho nitro benzene ring substituents is 1. The second-order valence-corrected chi connectivity index (χ2v) is 7.92. The number of hydrogen-bond acceptors (Lipinski definition) is 6. The third-order valence-corrected chi connectivity index (χ3v) is 5.08. The largest absolute Gasteiger partial charge is 0.471 e. The van der Waals surface area contributed by atoms with Gasteiger partial charge in [0.15, 0.2) is 12.4 Å². The molecular weight excluding hydrogens is 502 g/mol. The average molecular weight is 517 g/mol. The smallest absolute Gasteiger partial charge is 0.276 e. The molecule has 0 saturated heterocycles. The summed E-state index contributed by atoms with van der Waals surface area (Å²) >= 11 is 11.6. The molecule has 1 amide bonds. The van der Waals surface area contributed by atoms with Crippen molar-refractivity contribution in [3.05, 3.63) is 105 Å². The van der Waals surface area contributed by atoms with Crippen LogP contribution in [0.5, 0.6) is 17.2 Å². The Morgan fingerprint density at radius 2 is 1.77 bits per heavy atom. The van der Waals surface area contributed by atoms with Crippen molar-refractivity contribution < 1.29 is 23.6 Å². The lowest BCUT2D eigenvalue weighted by Crippen LogP contribution is -2.14. The van der Waals surface area contributed by atoms with Crippen LogP contribution in [-0.4, -0.2) is 20.6 Å². The number of amides is 1. The fraction of sp³-hybridized carbons (Fsp3) is 0.0435. The highest BCUT2D eigenvalue weighted by Crippen LogP contribution is 2.30. The van der Waals surface area contributed by atoms with Crippen LogP contribution in [0, 0.1) is 15.9 Å². The molecule has 0 aliphatic rings. The molecule has 4 rings (SSSR count). The van der Waals surface area contributed by atoms with Crippen molar-refractivity contribution in [2.75, 3.05) is 5.32 Å². The molecule has 0 fully saturated rings. The van der Waals surface area contributed by atoms with Gasteiger partial charge >= 0.3 is 0 Å². The zero-order valence-electron chi connectivity index (χ0n) is 17.7. The Bertz CT molecular complexity index is 1400. The molecule has 178 valence electrons. The van der Waals surface area contributed by atoms with E-state index in [2.05, 4.69) is 10.4 Å². The summed E-state index contributed by atoms with van der Waals surface area (Å²) in [6.07, 6.45) is 1.50. The highest BCUT2D eigenvalue weighted by Gasteiger charge is 2.16. The molecule has 0 saturated carbocycles. The Balaban J connectivity index is 1.45. The summed E-state index contributed by atoms with van der Waals surface area (Å²) in [6.45, 7) is -0.0644. The molecule has 0 spiro atoms. The molecule has 4 aromatic rings. The van der Waals surface area contributed by atoms with Gasteiger partial charge in [-0.2, -0.15) is 5.10 Å². The number of carbonyl (C=O) groups excluding carboxylic acids is 1.